The van der Waals surface area contributed by atoms with Crippen LogP contribution in [-0.2, 0) is 19.6 Å². The maximum absolute atomic E-state index is 12.2. The Labute approximate surface area is 149 Å². The highest BCUT2D eigenvalue weighted by atomic mass is 32.2. The minimum absolute atomic E-state index is 0.164. The lowest BCUT2D eigenvalue weighted by molar-refractivity contribution is 0.0125. The third-order valence-electron chi connectivity index (χ3n) is 4.52. The molecule has 0 bridgehead atoms. The quantitative estimate of drug-likeness (QED) is 0.553. The zero-order valence-corrected chi connectivity index (χ0v) is 15.2. The van der Waals surface area contributed by atoms with Crippen molar-refractivity contribution >= 4 is 10.0 Å². The van der Waals surface area contributed by atoms with Crippen LogP contribution in [0.15, 0.2) is 29.2 Å². The molecule has 0 radical (unpaired) electrons. The van der Waals surface area contributed by atoms with Crippen molar-refractivity contribution in [2.75, 3.05) is 39.5 Å². The first-order valence-corrected chi connectivity index (χ1v) is 10.3. The monoisotopic (exact) mass is 370 g/mol. The zero-order valence-electron chi connectivity index (χ0n) is 14.4. The van der Waals surface area contributed by atoms with E-state index in [9.17, 15) is 8.42 Å². The smallest absolute Gasteiger partial charge is 0.262 e. The number of nitrogens with one attached hydrogen (secondary N) is 1. The highest BCUT2D eigenvalue weighted by Gasteiger charge is 2.18. The summed E-state index contributed by atoms with van der Waals surface area (Å²) in [4.78, 5) is 9.66. The van der Waals surface area contributed by atoms with Crippen molar-refractivity contribution in [3.05, 3.63) is 24.3 Å². The van der Waals surface area contributed by atoms with E-state index in [1.165, 1.54) is 25.0 Å². The van der Waals surface area contributed by atoms with Gasteiger partial charge in [0.2, 0.25) is 0 Å². The first-order valence-electron chi connectivity index (χ1n) is 8.84. The molecule has 1 N–H and O–H groups in total. The lowest BCUT2D eigenvalue weighted by Gasteiger charge is -2.26. The molecule has 1 aliphatic heterocycles. The Hall–Kier alpha value is -1.19. The maximum atomic E-state index is 12.2. The van der Waals surface area contributed by atoms with Gasteiger partial charge in [-0.3, -0.25) is 9.74 Å². The fraction of sp³-hybridized carbons (Fsp3) is 0.647. The highest BCUT2D eigenvalue weighted by Crippen LogP contribution is 2.24. The van der Waals surface area contributed by atoms with Gasteiger partial charge in [0.1, 0.15) is 5.75 Å². The average Bonchev–Trinajstić information content (AvgIpc) is 3.13. The summed E-state index contributed by atoms with van der Waals surface area (Å²) in [6.07, 6.45) is 4.78. The van der Waals surface area contributed by atoms with Gasteiger partial charge in [0, 0.05) is 19.6 Å². The van der Waals surface area contributed by atoms with E-state index in [1.807, 2.05) is 0 Å². The molecule has 2 aliphatic rings. The number of rotatable bonds is 8. The van der Waals surface area contributed by atoms with E-state index >= 15 is 0 Å². The molecule has 8 heteroatoms. The van der Waals surface area contributed by atoms with Gasteiger partial charge >= 0.3 is 0 Å². The molecule has 3 rings (SSSR count). The van der Waals surface area contributed by atoms with Crippen LogP contribution in [0.3, 0.4) is 0 Å². The molecule has 0 spiro atoms. The first-order chi connectivity index (χ1) is 12.1. The summed E-state index contributed by atoms with van der Waals surface area (Å²) in [7, 11) is -3.68. The van der Waals surface area contributed by atoms with Gasteiger partial charge in [-0.2, -0.15) is 0 Å². The minimum Gasteiger partial charge on any atom is -0.490 e. The van der Waals surface area contributed by atoms with Crippen molar-refractivity contribution in [1.29, 1.82) is 0 Å². The fourth-order valence-corrected chi connectivity index (χ4v) is 3.89. The molecule has 1 heterocycles. The Morgan fingerprint density at radius 2 is 1.80 bits per heavy atom. The van der Waals surface area contributed by atoms with E-state index in [-0.39, 0.29) is 11.0 Å². The number of nitrogens with zero attached hydrogens (tertiary/aromatic N) is 1. The number of hydrogen-bond donors (Lipinski definition) is 1. The summed E-state index contributed by atoms with van der Waals surface area (Å²) in [5.74, 6) is 0.707. The van der Waals surface area contributed by atoms with Crippen molar-refractivity contribution in [3.63, 3.8) is 0 Å². The molecular formula is C17H26N2O5S. The van der Waals surface area contributed by atoms with Crippen LogP contribution in [-0.4, -0.2) is 58.9 Å². The topological polar surface area (TPSA) is 77.1 Å². The normalized spacial score (nSPS) is 20.0. The molecule has 1 saturated carbocycles. The summed E-state index contributed by atoms with van der Waals surface area (Å²) < 4.78 is 35.6. The third-order valence-corrected chi connectivity index (χ3v) is 5.75. The van der Waals surface area contributed by atoms with Crippen LogP contribution in [0, 0.1) is 0 Å². The van der Waals surface area contributed by atoms with Crippen LogP contribution in [0.2, 0.25) is 0 Å². The Morgan fingerprint density at radius 1 is 1.12 bits per heavy atom. The predicted molar refractivity (Wildman–Crippen MR) is 92.9 cm³/mol. The summed E-state index contributed by atoms with van der Waals surface area (Å²) in [6.45, 7) is 4.07. The molecule has 1 aliphatic carbocycles. The maximum Gasteiger partial charge on any atom is 0.262 e. The molecule has 7 nitrogen and oxygen atoms in total. The van der Waals surface area contributed by atoms with Gasteiger partial charge in [-0.1, -0.05) is 4.89 Å². The Bertz CT molecular complexity index is 623. The number of benzene rings is 1. The van der Waals surface area contributed by atoms with E-state index in [4.69, 9.17) is 14.3 Å². The van der Waals surface area contributed by atoms with Crippen LogP contribution in [0.5, 0.6) is 5.75 Å². The van der Waals surface area contributed by atoms with Gasteiger partial charge in [-0.15, -0.1) is 0 Å². The number of sulfonamides is 1. The molecule has 1 aromatic carbocycles. The molecule has 140 valence electrons. The molecular weight excluding hydrogens is 344 g/mol. The van der Waals surface area contributed by atoms with Crippen LogP contribution in [0.4, 0.5) is 0 Å². The van der Waals surface area contributed by atoms with Crippen molar-refractivity contribution in [3.8, 4) is 5.75 Å². The summed E-state index contributed by atoms with van der Waals surface area (Å²) >= 11 is 0. The van der Waals surface area contributed by atoms with Gasteiger partial charge < -0.3 is 9.47 Å². The standard InChI is InChI=1S/C17H26N2O5S/c20-25(21,18-23-14-11-19-9-12-22-13-10-19)17-7-5-16(6-8-17)24-15-3-1-2-4-15/h5-8,15,18H,1-4,9-14H2. The lowest BCUT2D eigenvalue weighted by Crippen LogP contribution is -2.39. The van der Waals surface area contributed by atoms with E-state index in [1.54, 1.807) is 12.1 Å². The van der Waals surface area contributed by atoms with E-state index < -0.39 is 10.0 Å². The Balaban J connectivity index is 1.44. The molecule has 0 amide bonds. The molecule has 0 atom stereocenters. The second-order valence-electron chi connectivity index (χ2n) is 6.38. The third kappa shape index (κ3) is 5.65. The lowest BCUT2D eigenvalue weighted by atomic mass is 10.3. The molecule has 0 aromatic heterocycles. The van der Waals surface area contributed by atoms with Crippen molar-refractivity contribution in [2.45, 2.75) is 36.7 Å². The highest BCUT2D eigenvalue weighted by molar-refractivity contribution is 7.89. The molecule has 25 heavy (non-hydrogen) atoms. The SMILES string of the molecule is O=S(=O)(NOCCN1CCOCC1)c1ccc(OC2CCCC2)cc1. The van der Waals surface area contributed by atoms with Crippen LogP contribution >= 0.6 is 0 Å². The van der Waals surface area contributed by atoms with Crippen molar-refractivity contribution < 1.29 is 22.7 Å². The van der Waals surface area contributed by atoms with E-state index in [0.29, 0.717) is 32.1 Å². The average molecular weight is 370 g/mol. The van der Waals surface area contributed by atoms with Gasteiger partial charge in [0.05, 0.1) is 30.8 Å². The van der Waals surface area contributed by atoms with Gasteiger partial charge in [0.25, 0.3) is 10.0 Å². The second-order valence-corrected chi connectivity index (χ2v) is 8.03. The van der Waals surface area contributed by atoms with Crippen molar-refractivity contribution in [1.82, 2.24) is 9.79 Å². The van der Waals surface area contributed by atoms with Crippen LogP contribution in [0.1, 0.15) is 25.7 Å². The Morgan fingerprint density at radius 3 is 2.48 bits per heavy atom. The number of morpholine rings is 1. The summed E-state index contributed by atoms with van der Waals surface area (Å²) in [6, 6.07) is 6.47. The molecule has 1 saturated heterocycles. The molecule has 0 unspecified atom stereocenters. The fourth-order valence-electron chi connectivity index (χ4n) is 3.06. The molecule has 1 aromatic rings. The first kappa shape index (κ1) is 18.6. The number of ether oxygens (including phenoxy) is 2. The van der Waals surface area contributed by atoms with Crippen LogP contribution in [0.25, 0.3) is 0 Å². The van der Waals surface area contributed by atoms with Gasteiger partial charge in [-0.25, -0.2) is 8.42 Å². The second kappa shape index (κ2) is 8.95. The predicted octanol–water partition coefficient (Wildman–Crippen LogP) is 1.55. The number of hydrogen-bond acceptors (Lipinski definition) is 6. The van der Waals surface area contributed by atoms with Crippen LogP contribution < -0.4 is 9.62 Å². The molecule has 2 fully saturated rings. The van der Waals surface area contributed by atoms with Crippen molar-refractivity contribution in [2.24, 2.45) is 0 Å². The van der Waals surface area contributed by atoms with Gasteiger partial charge in [0.15, 0.2) is 0 Å². The minimum atomic E-state index is -3.68. The van der Waals surface area contributed by atoms with E-state index in [0.717, 1.165) is 25.9 Å². The van der Waals surface area contributed by atoms with E-state index in [2.05, 4.69) is 9.79 Å². The summed E-state index contributed by atoms with van der Waals surface area (Å²) in [5, 5.41) is 0. The zero-order chi connectivity index (χ0) is 17.5. The van der Waals surface area contributed by atoms with Gasteiger partial charge in [-0.05, 0) is 49.9 Å². The summed E-state index contributed by atoms with van der Waals surface area (Å²) in [5.41, 5.74) is 0. The largest absolute Gasteiger partial charge is 0.490 e. The Kier molecular flexibility index (Phi) is 6.66.